The molecule has 2 unspecified atom stereocenters. The van der Waals surface area contributed by atoms with E-state index in [1.54, 1.807) is 20.3 Å². The maximum absolute atomic E-state index is 13.3. The van der Waals surface area contributed by atoms with Crippen molar-refractivity contribution in [2.45, 2.75) is 58.3 Å². The molecule has 0 N–H and O–H groups in total. The highest BCUT2D eigenvalue weighted by atomic mass is 16.5. The van der Waals surface area contributed by atoms with Crippen molar-refractivity contribution in [2.24, 2.45) is 10.9 Å². The van der Waals surface area contributed by atoms with E-state index in [0.29, 0.717) is 47.1 Å². The van der Waals surface area contributed by atoms with E-state index in [0.717, 1.165) is 37.8 Å². The monoisotopic (exact) mass is 443 g/mol. The molecule has 2 aliphatic rings. The molecule has 0 radical (unpaired) electrons. The molecule has 1 fully saturated rings. The van der Waals surface area contributed by atoms with Crippen LogP contribution in [0.4, 0.5) is 0 Å². The molecule has 2 atom stereocenters. The topological polar surface area (TPSA) is 83.4 Å². The highest BCUT2D eigenvalue weighted by Crippen LogP contribution is 2.50. The second kappa shape index (κ2) is 10.7. The number of unbranched alkanes of at least 4 members (excludes halogenated alkanes) is 2. The zero-order chi connectivity index (χ0) is 23.3. The summed E-state index contributed by atoms with van der Waals surface area (Å²) in [6, 6.07) is 3.61. The third kappa shape index (κ3) is 4.52. The summed E-state index contributed by atoms with van der Waals surface area (Å²) in [5, 5.41) is 0. The summed E-state index contributed by atoms with van der Waals surface area (Å²) in [6.07, 6.45) is 4.80. The smallest absolute Gasteiger partial charge is 0.336 e. The van der Waals surface area contributed by atoms with Crippen LogP contribution in [0.3, 0.4) is 0 Å². The van der Waals surface area contributed by atoms with Crippen molar-refractivity contribution < 1.29 is 28.5 Å². The van der Waals surface area contributed by atoms with Crippen LogP contribution in [-0.2, 0) is 14.3 Å². The first-order valence-corrected chi connectivity index (χ1v) is 11.2. The molecule has 0 spiro atoms. The van der Waals surface area contributed by atoms with Crippen molar-refractivity contribution in [2.75, 3.05) is 27.9 Å². The predicted octanol–water partition coefficient (Wildman–Crippen LogP) is 4.63. The number of Topliss-reactive ketones (excluding diaryl/α,β-unsaturated/α-hetero) is 1. The molecule has 1 aromatic rings. The Balaban J connectivity index is 2.13. The Hall–Kier alpha value is -2.83. The Kier molecular flexibility index (Phi) is 7.94. The lowest BCUT2D eigenvalue weighted by atomic mass is 9.69. The second-order valence-corrected chi connectivity index (χ2v) is 8.14. The number of carbonyl (C=O) groups excluding carboxylic acids is 2. The van der Waals surface area contributed by atoms with Crippen LogP contribution in [0.5, 0.6) is 17.2 Å². The third-order valence-corrected chi connectivity index (χ3v) is 6.18. The average Bonchev–Trinajstić information content (AvgIpc) is 2.79. The summed E-state index contributed by atoms with van der Waals surface area (Å²) in [6.45, 7) is 4.25. The standard InChI is InChI=1S/C25H33NO6/c1-6-7-8-14-32-25(28)20-15(2)26-17-10-9-11-18(27)22(17)21(20)16-12-13-19(29-3)24(31-5)23(16)30-4/h12-13,21-22H,6-11,14H2,1-5H3. The average molecular weight is 444 g/mol. The number of esters is 1. The first-order valence-electron chi connectivity index (χ1n) is 11.2. The molecule has 3 rings (SSSR count). The molecule has 0 bridgehead atoms. The van der Waals surface area contributed by atoms with Gasteiger partial charge in [-0.05, 0) is 32.3 Å². The van der Waals surface area contributed by atoms with Crippen molar-refractivity contribution in [1.82, 2.24) is 0 Å². The fourth-order valence-corrected chi connectivity index (χ4v) is 4.69. The molecule has 0 aromatic heterocycles. The Morgan fingerprint density at radius 2 is 1.78 bits per heavy atom. The number of fused-ring (bicyclic) bond motifs is 1. The van der Waals surface area contributed by atoms with Gasteiger partial charge in [-0.3, -0.25) is 9.79 Å². The van der Waals surface area contributed by atoms with Gasteiger partial charge in [-0.1, -0.05) is 25.8 Å². The first kappa shape index (κ1) is 23.8. The van der Waals surface area contributed by atoms with Gasteiger partial charge in [0.05, 0.1) is 39.4 Å². The first-order chi connectivity index (χ1) is 15.5. The molecule has 0 saturated heterocycles. The molecule has 0 amide bonds. The van der Waals surface area contributed by atoms with E-state index in [4.69, 9.17) is 18.9 Å². The van der Waals surface area contributed by atoms with Crippen LogP contribution in [0.2, 0.25) is 0 Å². The molecule has 1 heterocycles. The number of methoxy groups -OCH3 is 3. The number of hydrogen-bond donors (Lipinski definition) is 0. The maximum atomic E-state index is 13.3. The van der Waals surface area contributed by atoms with Crippen molar-refractivity contribution in [3.63, 3.8) is 0 Å². The quantitative estimate of drug-likeness (QED) is 0.409. The minimum absolute atomic E-state index is 0.0839. The lowest BCUT2D eigenvalue weighted by Crippen LogP contribution is -2.39. The van der Waals surface area contributed by atoms with E-state index in [9.17, 15) is 9.59 Å². The molecule has 7 nitrogen and oxygen atoms in total. The van der Waals surface area contributed by atoms with Gasteiger partial charge >= 0.3 is 5.97 Å². The van der Waals surface area contributed by atoms with E-state index in [1.807, 2.05) is 13.0 Å². The van der Waals surface area contributed by atoms with Gasteiger partial charge in [0, 0.05) is 29.3 Å². The lowest BCUT2D eigenvalue weighted by Gasteiger charge is -2.36. The number of nitrogens with zero attached hydrogens (tertiary/aromatic N) is 1. The van der Waals surface area contributed by atoms with Gasteiger partial charge in [0.15, 0.2) is 11.5 Å². The van der Waals surface area contributed by atoms with Gasteiger partial charge in [-0.25, -0.2) is 4.79 Å². The third-order valence-electron chi connectivity index (χ3n) is 6.18. The molecular formula is C25H33NO6. The highest BCUT2D eigenvalue weighted by molar-refractivity contribution is 6.11. The minimum atomic E-state index is -0.552. The number of rotatable bonds is 9. The van der Waals surface area contributed by atoms with E-state index in [2.05, 4.69) is 11.9 Å². The fraction of sp³-hybridized carbons (Fsp3) is 0.560. The number of ether oxygens (including phenoxy) is 4. The van der Waals surface area contributed by atoms with E-state index < -0.39 is 17.8 Å². The van der Waals surface area contributed by atoms with Crippen molar-refractivity contribution >= 4 is 17.5 Å². The Morgan fingerprint density at radius 1 is 1.03 bits per heavy atom. The summed E-state index contributed by atoms with van der Waals surface area (Å²) in [5.41, 5.74) is 2.52. The molecule has 7 heteroatoms. The van der Waals surface area contributed by atoms with Crippen molar-refractivity contribution in [3.8, 4) is 17.2 Å². The van der Waals surface area contributed by atoms with E-state index >= 15 is 0 Å². The van der Waals surface area contributed by atoms with E-state index in [-0.39, 0.29) is 5.78 Å². The van der Waals surface area contributed by atoms with Crippen LogP contribution in [0.25, 0.3) is 0 Å². The van der Waals surface area contributed by atoms with Crippen molar-refractivity contribution in [3.05, 3.63) is 29.0 Å². The zero-order valence-electron chi connectivity index (χ0n) is 19.7. The van der Waals surface area contributed by atoms with Crippen LogP contribution in [0, 0.1) is 5.92 Å². The van der Waals surface area contributed by atoms with Gasteiger partial charge in [-0.15, -0.1) is 0 Å². The van der Waals surface area contributed by atoms with Crippen molar-refractivity contribution in [1.29, 1.82) is 0 Å². The number of ketones is 1. The Labute approximate surface area is 189 Å². The fourth-order valence-electron chi connectivity index (χ4n) is 4.69. The summed E-state index contributed by atoms with van der Waals surface area (Å²) in [4.78, 5) is 31.1. The van der Waals surface area contributed by atoms with Crippen LogP contribution in [0.1, 0.15) is 63.9 Å². The molecule has 174 valence electrons. The number of benzene rings is 1. The number of allylic oxidation sites excluding steroid dienone is 1. The number of hydrogen-bond acceptors (Lipinski definition) is 7. The summed E-state index contributed by atoms with van der Waals surface area (Å²) >= 11 is 0. The minimum Gasteiger partial charge on any atom is -0.493 e. The molecule has 1 saturated carbocycles. The summed E-state index contributed by atoms with van der Waals surface area (Å²) < 4.78 is 22.3. The normalized spacial score (nSPS) is 20.4. The van der Waals surface area contributed by atoms with Crippen LogP contribution in [-0.4, -0.2) is 45.4 Å². The number of aliphatic imine (C=N–C) groups is 1. The molecule has 1 aliphatic heterocycles. The van der Waals surface area contributed by atoms with Gasteiger partial charge in [0.25, 0.3) is 0 Å². The van der Waals surface area contributed by atoms with Crippen LogP contribution < -0.4 is 14.2 Å². The molecular weight excluding hydrogens is 410 g/mol. The Bertz CT molecular complexity index is 933. The maximum Gasteiger partial charge on any atom is 0.336 e. The van der Waals surface area contributed by atoms with E-state index in [1.165, 1.54) is 7.11 Å². The van der Waals surface area contributed by atoms with Gasteiger partial charge in [0.2, 0.25) is 5.75 Å². The van der Waals surface area contributed by atoms with Crippen LogP contribution in [0.15, 0.2) is 28.4 Å². The van der Waals surface area contributed by atoms with Gasteiger partial charge in [0.1, 0.15) is 5.78 Å². The summed E-state index contributed by atoms with van der Waals surface area (Å²) in [5.74, 6) is -0.0329. The van der Waals surface area contributed by atoms with Gasteiger partial charge < -0.3 is 18.9 Å². The molecule has 1 aromatic carbocycles. The lowest BCUT2D eigenvalue weighted by molar-refractivity contribution is -0.139. The number of carbonyl (C=O) groups is 2. The predicted molar refractivity (Wildman–Crippen MR) is 122 cm³/mol. The SMILES string of the molecule is CCCCCOC(=O)C1=C(C)N=C2CCCC(=O)C2C1c1ccc(OC)c(OC)c1OC. The Morgan fingerprint density at radius 3 is 2.44 bits per heavy atom. The summed E-state index contributed by atoms with van der Waals surface area (Å²) in [7, 11) is 4.63. The zero-order valence-corrected chi connectivity index (χ0v) is 19.7. The highest BCUT2D eigenvalue weighted by Gasteiger charge is 2.45. The second-order valence-electron chi connectivity index (χ2n) is 8.14. The van der Waals surface area contributed by atoms with Crippen LogP contribution >= 0.6 is 0 Å². The molecule has 32 heavy (non-hydrogen) atoms. The largest absolute Gasteiger partial charge is 0.493 e. The van der Waals surface area contributed by atoms with Gasteiger partial charge in [-0.2, -0.15) is 0 Å². The molecule has 1 aliphatic carbocycles.